The molecule has 1 aliphatic rings. The van der Waals surface area contributed by atoms with Gasteiger partial charge in [0.05, 0.1) is 12.2 Å². The Morgan fingerprint density at radius 3 is 2.56 bits per heavy atom. The minimum atomic E-state index is -0.401. The highest BCUT2D eigenvalue weighted by molar-refractivity contribution is 5.18. The fraction of sp³-hybridized carbons (Fsp3) is 0.571. The Hall–Kier alpha value is -1.00. The molecule has 100 valence electrons. The zero-order chi connectivity index (χ0) is 13.1. The lowest BCUT2D eigenvalue weighted by molar-refractivity contribution is -0.0423. The normalized spacial score (nSPS) is 28.3. The Morgan fingerprint density at radius 1 is 1.22 bits per heavy atom. The van der Waals surface area contributed by atoms with E-state index in [1.165, 1.54) is 12.1 Å². The third-order valence-electron chi connectivity index (χ3n) is 3.29. The van der Waals surface area contributed by atoms with Gasteiger partial charge in [0.2, 0.25) is 0 Å². The van der Waals surface area contributed by atoms with E-state index in [1.54, 1.807) is 0 Å². The van der Waals surface area contributed by atoms with E-state index in [4.69, 9.17) is 4.74 Å². The highest BCUT2D eigenvalue weighted by atomic mass is 19.1. The molecule has 1 aliphatic heterocycles. The summed E-state index contributed by atoms with van der Waals surface area (Å²) in [5.41, 5.74) is 0.377. The summed E-state index contributed by atoms with van der Waals surface area (Å²) < 4.78 is 32.1. The summed E-state index contributed by atoms with van der Waals surface area (Å²) in [4.78, 5) is 0. The van der Waals surface area contributed by atoms with E-state index in [9.17, 15) is 8.78 Å². The lowest BCUT2D eigenvalue weighted by atomic mass is 9.99. The second-order valence-electron chi connectivity index (χ2n) is 5.04. The molecule has 0 bridgehead atoms. The van der Waals surface area contributed by atoms with Crippen LogP contribution >= 0.6 is 0 Å². The van der Waals surface area contributed by atoms with Crippen molar-refractivity contribution in [3.63, 3.8) is 0 Å². The van der Waals surface area contributed by atoms with Gasteiger partial charge in [0, 0.05) is 18.2 Å². The summed E-state index contributed by atoms with van der Waals surface area (Å²) in [6.07, 6.45) is 2.23. The first kappa shape index (κ1) is 13.4. The molecule has 1 aromatic carbocycles. The lowest BCUT2D eigenvalue weighted by Gasteiger charge is -2.32. The van der Waals surface area contributed by atoms with Crippen LogP contribution in [0.1, 0.15) is 32.3 Å². The molecule has 0 aliphatic carbocycles. The number of hydrogen-bond acceptors (Lipinski definition) is 2. The van der Waals surface area contributed by atoms with Crippen LogP contribution in [0.5, 0.6) is 0 Å². The summed E-state index contributed by atoms with van der Waals surface area (Å²) >= 11 is 0. The van der Waals surface area contributed by atoms with Crippen LogP contribution < -0.4 is 5.32 Å². The van der Waals surface area contributed by atoms with Gasteiger partial charge in [0.15, 0.2) is 0 Å². The summed E-state index contributed by atoms with van der Waals surface area (Å²) in [6.45, 7) is 4.42. The van der Waals surface area contributed by atoms with E-state index in [-0.39, 0.29) is 18.0 Å². The van der Waals surface area contributed by atoms with Crippen molar-refractivity contribution in [3.8, 4) is 0 Å². The Morgan fingerprint density at radius 2 is 1.89 bits per heavy atom. The molecule has 2 rings (SSSR count). The molecule has 2 nitrogen and oxygen atoms in total. The highest BCUT2D eigenvalue weighted by Crippen LogP contribution is 2.19. The third-order valence-corrected chi connectivity index (χ3v) is 3.29. The van der Waals surface area contributed by atoms with Gasteiger partial charge in [0.1, 0.15) is 11.6 Å². The average molecular weight is 255 g/mol. The minimum Gasteiger partial charge on any atom is -0.375 e. The molecule has 0 saturated carbocycles. The topological polar surface area (TPSA) is 21.3 Å². The van der Waals surface area contributed by atoms with Crippen LogP contribution in [0.2, 0.25) is 0 Å². The van der Waals surface area contributed by atoms with Gasteiger partial charge in [-0.05, 0) is 44.9 Å². The number of nitrogens with one attached hydrogen (secondary N) is 1. The largest absolute Gasteiger partial charge is 0.375 e. The molecule has 1 saturated heterocycles. The van der Waals surface area contributed by atoms with Gasteiger partial charge in [-0.25, -0.2) is 8.78 Å². The van der Waals surface area contributed by atoms with Gasteiger partial charge < -0.3 is 10.1 Å². The Kier molecular flexibility index (Phi) is 4.30. The number of benzene rings is 1. The number of halogens is 2. The number of ether oxygens (including phenoxy) is 1. The maximum atomic E-state index is 13.4. The molecule has 1 heterocycles. The fourth-order valence-electron chi connectivity index (χ4n) is 2.50. The molecule has 1 aromatic rings. The molecule has 18 heavy (non-hydrogen) atoms. The monoisotopic (exact) mass is 255 g/mol. The third kappa shape index (κ3) is 3.50. The van der Waals surface area contributed by atoms with Gasteiger partial charge in [-0.2, -0.15) is 0 Å². The number of rotatable bonds is 3. The molecule has 4 heteroatoms. The SMILES string of the molecule is CC1CC(NCc2cc(F)ccc2F)CC(C)O1. The molecule has 2 unspecified atom stereocenters. The first-order valence-electron chi connectivity index (χ1n) is 6.37. The van der Waals surface area contributed by atoms with Gasteiger partial charge in [-0.1, -0.05) is 0 Å². The predicted octanol–water partition coefficient (Wildman–Crippen LogP) is 3.01. The van der Waals surface area contributed by atoms with E-state index in [0.29, 0.717) is 18.2 Å². The molecular formula is C14H19F2NO. The second kappa shape index (κ2) is 5.76. The Bertz CT molecular complexity index is 401. The summed E-state index contributed by atoms with van der Waals surface area (Å²) in [5.74, 6) is -0.765. The van der Waals surface area contributed by atoms with Gasteiger partial charge in [0.25, 0.3) is 0 Å². The average Bonchev–Trinajstić information content (AvgIpc) is 2.29. The molecule has 1 N–H and O–H groups in total. The van der Waals surface area contributed by atoms with Gasteiger partial charge in [-0.3, -0.25) is 0 Å². The first-order chi connectivity index (χ1) is 8.54. The lowest BCUT2D eigenvalue weighted by Crippen LogP contribution is -2.41. The highest BCUT2D eigenvalue weighted by Gasteiger charge is 2.24. The van der Waals surface area contributed by atoms with E-state index in [0.717, 1.165) is 18.9 Å². The molecule has 2 atom stereocenters. The van der Waals surface area contributed by atoms with E-state index in [2.05, 4.69) is 5.32 Å². The zero-order valence-electron chi connectivity index (χ0n) is 10.7. The van der Waals surface area contributed by atoms with Crippen LogP contribution in [0.15, 0.2) is 18.2 Å². The molecule has 1 fully saturated rings. The van der Waals surface area contributed by atoms with Crippen LogP contribution in [-0.4, -0.2) is 18.2 Å². The predicted molar refractivity (Wildman–Crippen MR) is 66.2 cm³/mol. The minimum absolute atomic E-state index is 0.212. The molecule has 0 aromatic heterocycles. The van der Waals surface area contributed by atoms with Crippen molar-refractivity contribution in [2.75, 3.05) is 0 Å². The van der Waals surface area contributed by atoms with Crippen LogP contribution in [0.4, 0.5) is 8.78 Å². The standard InChI is InChI=1S/C14H19F2NO/c1-9-5-13(6-10(2)18-9)17-8-11-7-12(15)3-4-14(11)16/h3-4,7,9-10,13,17H,5-6,8H2,1-2H3. The zero-order valence-corrected chi connectivity index (χ0v) is 10.7. The van der Waals surface area contributed by atoms with Crippen LogP contribution in [0, 0.1) is 11.6 Å². The Balaban J connectivity index is 1.92. The smallest absolute Gasteiger partial charge is 0.127 e. The van der Waals surface area contributed by atoms with Crippen LogP contribution in [0.25, 0.3) is 0 Å². The second-order valence-corrected chi connectivity index (χ2v) is 5.04. The van der Waals surface area contributed by atoms with Crippen molar-refractivity contribution in [1.29, 1.82) is 0 Å². The Labute approximate surface area is 106 Å². The summed E-state index contributed by atoms with van der Waals surface area (Å²) in [5, 5.41) is 3.28. The van der Waals surface area contributed by atoms with Gasteiger partial charge in [-0.15, -0.1) is 0 Å². The molecule has 0 amide bonds. The van der Waals surface area contributed by atoms with Crippen LogP contribution in [0.3, 0.4) is 0 Å². The van der Waals surface area contributed by atoms with E-state index < -0.39 is 5.82 Å². The molecular weight excluding hydrogens is 236 g/mol. The fourth-order valence-corrected chi connectivity index (χ4v) is 2.50. The maximum Gasteiger partial charge on any atom is 0.127 e. The van der Waals surface area contributed by atoms with Crippen molar-refractivity contribution in [3.05, 3.63) is 35.4 Å². The van der Waals surface area contributed by atoms with Crippen LogP contribution in [-0.2, 0) is 11.3 Å². The summed E-state index contributed by atoms with van der Waals surface area (Å²) in [6, 6.07) is 3.85. The quantitative estimate of drug-likeness (QED) is 0.896. The van der Waals surface area contributed by atoms with E-state index >= 15 is 0 Å². The van der Waals surface area contributed by atoms with Gasteiger partial charge >= 0.3 is 0 Å². The molecule has 0 radical (unpaired) electrons. The molecule has 0 spiro atoms. The number of hydrogen-bond donors (Lipinski definition) is 1. The van der Waals surface area contributed by atoms with Crippen molar-refractivity contribution >= 4 is 0 Å². The van der Waals surface area contributed by atoms with Crippen molar-refractivity contribution in [1.82, 2.24) is 5.32 Å². The summed E-state index contributed by atoms with van der Waals surface area (Å²) in [7, 11) is 0. The van der Waals surface area contributed by atoms with Crippen molar-refractivity contribution in [2.24, 2.45) is 0 Å². The van der Waals surface area contributed by atoms with Crippen molar-refractivity contribution < 1.29 is 13.5 Å². The van der Waals surface area contributed by atoms with E-state index in [1.807, 2.05) is 13.8 Å². The first-order valence-corrected chi connectivity index (χ1v) is 6.37. The van der Waals surface area contributed by atoms with Crippen molar-refractivity contribution in [2.45, 2.75) is 51.5 Å². The maximum absolute atomic E-state index is 13.4.